The second-order valence-corrected chi connectivity index (χ2v) is 11.5. The Labute approximate surface area is 263 Å². The Kier molecular flexibility index (Phi) is 7.01. The molecule has 0 fully saturated rings. The number of rotatable bonds is 7. The van der Waals surface area contributed by atoms with Gasteiger partial charge in [0.1, 0.15) is 0 Å². The lowest BCUT2D eigenvalue weighted by molar-refractivity contribution is 0.868. The number of hydrogen-bond donors (Lipinski definition) is 0. The monoisotopic (exact) mass is 575 g/mol. The Balaban J connectivity index is 1.26. The second-order valence-electron chi connectivity index (χ2n) is 11.5. The van der Waals surface area contributed by atoms with E-state index in [0.717, 1.165) is 17.3 Å². The molecule has 0 radical (unpaired) electrons. The number of nitrogens with zero attached hydrogens (tertiary/aromatic N) is 3. The zero-order valence-corrected chi connectivity index (χ0v) is 24.8. The van der Waals surface area contributed by atoms with Gasteiger partial charge < -0.3 is 4.57 Å². The number of benzene rings is 5. The van der Waals surface area contributed by atoms with Gasteiger partial charge in [0.15, 0.2) is 0 Å². The van der Waals surface area contributed by atoms with E-state index in [1.165, 1.54) is 55.2 Å². The maximum Gasteiger partial charge on any atom is 0.242 e. The fourth-order valence-electron chi connectivity index (χ4n) is 6.74. The molecule has 0 aliphatic heterocycles. The molecule has 8 rings (SSSR count). The summed E-state index contributed by atoms with van der Waals surface area (Å²) in [5.41, 5.74) is 12.4. The second kappa shape index (κ2) is 11.7. The van der Waals surface area contributed by atoms with Crippen LogP contribution in [-0.4, -0.2) is 21.2 Å². The normalized spacial score (nSPS) is 11.2. The third-order valence-electron chi connectivity index (χ3n) is 8.83. The van der Waals surface area contributed by atoms with E-state index in [9.17, 15) is 0 Å². The van der Waals surface area contributed by atoms with E-state index in [0.29, 0.717) is 0 Å². The standard InChI is InChI=1S/C41H30BN3/c1-3-11-31(12-4-1)34-15-7-9-17-38(34)42(39-18-10-8-16-35(39)32-13-5-2-6-14-32)33-21-19-30(20-22-33)29-45-40-23-25-43-27-36(40)37-28-44-26-24-41(37)45/h1-28H,29H2. The molecule has 0 aliphatic carbocycles. The minimum absolute atomic E-state index is 0.0391. The highest BCUT2D eigenvalue weighted by Crippen LogP contribution is 2.28. The highest BCUT2D eigenvalue weighted by atomic mass is 15.0. The van der Waals surface area contributed by atoms with Crippen molar-refractivity contribution in [1.29, 1.82) is 0 Å². The summed E-state index contributed by atoms with van der Waals surface area (Å²) in [6, 6.07) is 52.6. The van der Waals surface area contributed by atoms with Crippen LogP contribution in [0.3, 0.4) is 0 Å². The summed E-state index contributed by atoms with van der Waals surface area (Å²) in [6.07, 6.45) is 7.62. The fraction of sp³-hybridized carbons (Fsp3) is 0.0244. The van der Waals surface area contributed by atoms with Gasteiger partial charge in [-0.05, 0) is 39.9 Å². The van der Waals surface area contributed by atoms with Crippen molar-refractivity contribution in [3.05, 3.63) is 176 Å². The van der Waals surface area contributed by atoms with E-state index in [2.05, 4.69) is 160 Å². The largest absolute Gasteiger partial charge is 0.336 e. The predicted octanol–water partition coefficient (Wildman–Crippen LogP) is 7.48. The highest BCUT2D eigenvalue weighted by Gasteiger charge is 2.27. The molecule has 0 N–H and O–H groups in total. The first-order valence-electron chi connectivity index (χ1n) is 15.4. The highest BCUT2D eigenvalue weighted by molar-refractivity contribution is 6.97. The molecule has 0 spiro atoms. The zero-order chi connectivity index (χ0) is 30.0. The van der Waals surface area contributed by atoms with E-state index < -0.39 is 0 Å². The van der Waals surface area contributed by atoms with Crippen molar-refractivity contribution in [2.45, 2.75) is 6.54 Å². The molecule has 3 aromatic heterocycles. The molecule has 0 atom stereocenters. The molecule has 45 heavy (non-hydrogen) atoms. The van der Waals surface area contributed by atoms with Crippen molar-refractivity contribution in [2.75, 3.05) is 0 Å². The Morgan fingerprint density at radius 2 is 0.933 bits per heavy atom. The van der Waals surface area contributed by atoms with Crippen LogP contribution in [0, 0.1) is 0 Å². The van der Waals surface area contributed by atoms with Crippen LogP contribution in [0.2, 0.25) is 0 Å². The lowest BCUT2D eigenvalue weighted by Crippen LogP contribution is -2.53. The molecular formula is C41H30BN3. The molecule has 212 valence electrons. The average molecular weight is 576 g/mol. The topological polar surface area (TPSA) is 30.7 Å². The maximum absolute atomic E-state index is 4.39. The summed E-state index contributed by atoms with van der Waals surface area (Å²) in [5.74, 6) is 0. The van der Waals surface area contributed by atoms with Gasteiger partial charge in [0.25, 0.3) is 0 Å². The Morgan fingerprint density at radius 3 is 1.44 bits per heavy atom. The van der Waals surface area contributed by atoms with E-state index in [-0.39, 0.29) is 6.71 Å². The lowest BCUT2D eigenvalue weighted by Gasteiger charge is -2.22. The summed E-state index contributed by atoms with van der Waals surface area (Å²) in [5, 5.41) is 2.26. The van der Waals surface area contributed by atoms with Gasteiger partial charge in [-0.1, -0.05) is 150 Å². The maximum atomic E-state index is 4.39. The molecule has 0 saturated heterocycles. The predicted molar refractivity (Wildman–Crippen MR) is 189 cm³/mol. The van der Waals surface area contributed by atoms with Gasteiger partial charge in [-0.3, -0.25) is 9.97 Å². The van der Waals surface area contributed by atoms with E-state index in [4.69, 9.17) is 0 Å². The molecule has 4 heteroatoms. The minimum Gasteiger partial charge on any atom is -0.336 e. The summed E-state index contributed by atoms with van der Waals surface area (Å²) in [6.45, 7) is 0.803. The SMILES string of the molecule is c1ccc(-c2ccccc2B(c2ccc(Cn3c4ccncc4c4cnccc43)cc2)c2ccccc2-c2ccccc2)cc1. The first-order chi connectivity index (χ1) is 22.3. The average Bonchev–Trinajstić information content (AvgIpc) is 3.43. The summed E-state index contributed by atoms with van der Waals surface area (Å²) >= 11 is 0. The van der Waals surface area contributed by atoms with Crippen LogP contribution in [0.4, 0.5) is 0 Å². The summed E-state index contributed by atoms with van der Waals surface area (Å²) in [7, 11) is 0. The Hall–Kier alpha value is -5.74. The minimum atomic E-state index is 0.0391. The van der Waals surface area contributed by atoms with Gasteiger partial charge in [-0.25, -0.2) is 0 Å². The van der Waals surface area contributed by atoms with Crippen molar-refractivity contribution < 1.29 is 0 Å². The lowest BCUT2D eigenvalue weighted by atomic mass is 9.35. The van der Waals surface area contributed by atoms with Gasteiger partial charge in [-0.2, -0.15) is 0 Å². The van der Waals surface area contributed by atoms with Gasteiger partial charge >= 0.3 is 0 Å². The van der Waals surface area contributed by atoms with E-state index in [1.807, 2.05) is 24.8 Å². The summed E-state index contributed by atoms with van der Waals surface area (Å²) < 4.78 is 2.37. The van der Waals surface area contributed by atoms with Crippen LogP contribution in [-0.2, 0) is 6.54 Å². The third kappa shape index (κ3) is 5.01. The van der Waals surface area contributed by atoms with Crippen molar-refractivity contribution in [2.24, 2.45) is 0 Å². The van der Waals surface area contributed by atoms with Crippen molar-refractivity contribution in [3.8, 4) is 22.3 Å². The first kappa shape index (κ1) is 26.9. The quantitative estimate of drug-likeness (QED) is 0.185. The number of hydrogen-bond acceptors (Lipinski definition) is 2. The molecule has 0 amide bonds. The van der Waals surface area contributed by atoms with Crippen LogP contribution in [0.5, 0.6) is 0 Å². The van der Waals surface area contributed by atoms with E-state index >= 15 is 0 Å². The van der Waals surface area contributed by atoms with Gasteiger partial charge in [0.05, 0.1) is 11.0 Å². The van der Waals surface area contributed by atoms with Gasteiger partial charge in [0.2, 0.25) is 6.71 Å². The number of fused-ring (bicyclic) bond motifs is 3. The zero-order valence-electron chi connectivity index (χ0n) is 24.8. The van der Waals surface area contributed by atoms with Crippen LogP contribution in [0.1, 0.15) is 5.56 Å². The molecule has 0 bridgehead atoms. The molecular weight excluding hydrogens is 545 g/mol. The molecule has 0 unspecified atom stereocenters. The molecule has 8 aromatic rings. The van der Waals surface area contributed by atoms with E-state index in [1.54, 1.807) is 0 Å². The molecule has 3 nitrogen and oxygen atoms in total. The van der Waals surface area contributed by atoms with Gasteiger partial charge in [-0.15, -0.1) is 0 Å². The van der Waals surface area contributed by atoms with Crippen LogP contribution < -0.4 is 16.4 Å². The molecule has 3 heterocycles. The van der Waals surface area contributed by atoms with Gasteiger partial charge in [0, 0.05) is 42.1 Å². The van der Waals surface area contributed by atoms with Crippen molar-refractivity contribution >= 4 is 44.9 Å². The van der Waals surface area contributed by atoms with Crippen LogP contribution in [0.15, 0.2) is 170 Å². The fourth-order valence-corrected chi connectivity index (χ4v) is 6.74. The number of pyridine rings is 2. The van der Waals surface area contributed by atoms with Crippen LogP contribution >= 0.6 is 0 Å². The Morgan fingerprint density at radius 1 is 0.467 bits per heavy atom. The first-order valence-corrected chi connectivity index (χ1v) is 15.4. The summed E-state index contributed by atoms with van der Waals surface area (Å²) in [4.78, 5) is 8.78. The van der Waals surface area contributed by atoms with Crippen molar-refractivity contribution in [1.82, 2.24) is 14.5 Å². The number of aromatic nitrogens is 3. The Bertz CT molecular complexity index is 2100. The molecule has 5 aromatic carbocycles. The third-order valence-corrected chi connectivity index (χ3v) is 8.83. The molecule has 0 aliphatic rings. The van der Waals surface area contributed by atoms with Crippen LogP contribution in [0.25, 0.3) is 44.1 Å². The molecule has 0 saturated carbocycles. The van der Waals surface area contributed by atoms with Crippen molar-refractivity contribution in [3.63, 3.8) is 0 Å². The smallest absolute Gasteiger partial charge is 0.242 e.